The molecule has 0 spiro atoms. The van der Waals surface area contributed by atoms with Gasteiger partial charge in [-0.2, -0.15) is 0 Å². The van der Waals surface area contributed by atoms with Gasteiger partial charge in [-0.05, 0) is 24.3 Å². The lowest BCUT2D eigenvalue weighted by atomic mass is 10.2. The van der Waals surface area contributed by atoms with Crippen molar-refractivity contribution >= 4 is 11.6 Å². The van der Waals surface area contributed by atoms with Gasteiger partial charge in [0.15, 0.2) is 11.5 Å². The molecule has 0 saturated carbocycles. The molecule has 16 heavy (non-hydrogen) atoms. The molecule has 0 atom stereocenters. The Hall–Kier alpha value is -1.67. The third-order valence-corrected chi connectivity index (χ3v) is 2.67. The maximum absolute atomic E-state index is 5.92. The molecule has 0 fully saturated rings. The Kier molecular flexibility index (Phi) is 2.22. The molecule has 0 bridgehead atoms. The third kappa shape index (κ3) is 1.61. The maximum Gasteiger partial charge on any atom is 0.268 e. The number of rotatable bonds is 1. The fourth-order valence-corrected chi connectivity index (χ4v) is 1.89. The Bertz CT molecular complexity index is 500. The summed E-state index contributed by atoms with van der Waals surface area (Å²) in [6.07, 6.45) is -0.393. The van der Waals surface area contributed by atoms with E-state index in [4.69, 9.17) is 21.1 Å². The Labute approximate surface area is 98.4 Å². The minimum absolute atomic E-state index is 0.393. The summed E-state index contributed by atoms with van der Waals surface area (Å²) in [4.78, 5) is 0. The van der Waals surface area contributed by atoms with Crippen molar-refractivity contribution in [1.82, 2.24) is 0 Å². The molecule has 1 aliphatic rings. The van der Waals surface area contributed by atoms with Crippen LogP contribution in [0.4, 0.5) is 0 Å². The lowest BCUT2D eigenvalue weighted by Gasteiger charge is -2.10. The number of halogens is 1. The molecular weight excluding hydrogens is 224 g/mol. The normalized spacial score (nSPS) is 14.1. The molecule has 3 rings (SSSR count). The zero-order chi connectivity index (χ0) is 11.0. The van der Waals surface area contributed by atoms with E-state index in [1.807, 2.05) is 48.5 Å². The average Bonchev–Trinajstić information content (AvgIpc) is 2.72. The van der Waals surface area contributed by atoms with Crippen LogP contribution in [0.3, 0.4) is 0 Å². The fourth-order valence-electron chi connectivity index (χ4n) is 1.69. The highest BCUT2D eigenvalue weighted by Crippen LogP contribution is 2.40. The van der Waals surface area contributed by atoms with E-state index in [0.717, 1.165) is 17.1 Å². The molecule has 1 aliphatic heterocycles. The first-order valence-electron chi connectivity index (χ1n) is 5.01. The van der Waals surface area contributed by atoms with E-state index in [-0.39, 0.29) is 0 Å². The summed E-state index contributed by atoms with van der Waals surface area (Å²) < 4.78 is 11.3. The quantitative estimate of drug-likeness (QED) is 0.744. The van der Waals surface area contributed by atoms with E-state index < -0.39 is 6.29 Å². The minimum atomic E-state index is -0.393. The van der Waals surface area contributed by atoms with Crippen LogP contribution in [0.2, 0.25) is 5.02 Å². The van der Waals surface area contributed by atoms with Crippen molar-refractivity contribution in [3.8, 4) is 11.5 Å². The highest BCUT2D eigenvalue weighted by atomic mass is 35.5. The predicted molar refractivity (Wildman–Crippen MR) is 61.9 cm³/mol. The van der Waals surface area contributed by atoms with Gasteiger partial charge in [0.05, 0.1) is 0 Å². The van der Waals surface area contributed by atoms with Crippen LogP contribution >= 0.6 is 11.6 Å². The largest absolute Gasteiger partial charge is 0.447 e. The van der Waals surface area contributed by atoms with E-state index in [0.29, 0.717) is 5.02 Å². The van der Waals surface area contributed by atoms with Crippen molar-refractivity contribution in [1.29, 1.82) is 0 Å². The highest BCUT2D eigenvalue weighted by Gasteiger charge is 2.25. The van der Waals surface area contributed by atoms with Crippen molar-refractivity contribution in [2.24, 2.45) is 0 Å². The standard InChI is InChI=1S/C13H9ClO2/c14-10-5-3-4-9(8-10)13-15-11-6-1-2-7-12(11)16-13/h1-8,13H. The molecule has 0 amide bonds. The Morgan fingerprint density at radius 3 is 2.19 bits per heavy atom. The molecule has 80 valence electrons. The summed E-state index contributed by atoms with van der Waals surface area (Å²) in [7, 11) is 0. The SMILES string of the molecule is Clc1cccc(C2Oc3ccccc3O2)c1. The van der Waals surface area contributed by atoms with Crippen molar-refractivity contribution < 1.29 is 9.47 Å². The molecule has 1 heterocycles. The second-order valence-corrected chi connectivity index (χ2v) is 4.01. The van der Waals surface area contributed by atoms with Crippen molar-refractivity contribution in [3.05, 3.63) is 59.1 Å². The molecule has 2 nitrogen and oxygen atoms in total. The van der Waals surface area contributed by atoms with Crippen molar-refractivity contribution in [3.63, 3.8) is 0 Å². The van der Waals surface area contributed by atoms with Crippen LogP contribution in [0.1, 0.15) is 11.9 Å². The first-order chi connectivity index (χ1) is 7.83. The summed E-state index contributed by atoms with van der Waals surface area (Å²) in [6.45, 7) is 0. The molecule has 0 aliphatic carbocycles. The molecule has 0 unspecified atom stereocenters. The van der Waals surface area contributed by atoms with Crippen molar-refractivity contribution in [2.45, 2.75) is 6.29 Å². The number of para-hydroxylation sites is 2. The van der Waals surface area contributed by atoms with Crippen LogP contribution < -0.4 is 9.47 Å². The number of hydrogen-bond donors (Lipinski definition) is 0. The van der Waals surface area contributed by atoms with Crippen LogP contribution in [0.15, 0.2) is 48.5 Å². The van der Waals surface area contributed by atoms with Gasteiger partial charge in [0, 0.05) is 10.6 Å². The molecule has 0 N–H and O–H groups in total. The fraction of sp³-hybridized carbons (Fsp3) is 0.0769. The van der Waals surface area contributed by atoms with E-state index >= 15 is 0 Å². The number of ether oxygens (including phenoxy) is 2. The van der Waals surface area contributed by atoms with E-state index in [9.17, 15) is 0 Å². The molecule has 0 aromatic heterocycles. The zero-order valence-corrected chi connectivity index (χ0v) is 9.15. The van der Waals surface area contributed by atoms with Gasteiger partial charge in [0.1, 0.15) is 0 Å². The summed E-state index contributed by atoms with van der Waals surface area (Å²) >= 11 is 5.92. The predicted octanol–water partition coefficient (Wildman–Crippen LogP) is 3.81. The first kappa shape index (κ1) is 9.55. The van der Waals surface area contributed by atoms with Crippen LogP contribution in [0.5, 0.6) is 11.5 Å². The van der Waals surface area contributed by atoms with Gasteiger partial charge in [0.2, 0.25) is 0 Å². The Balaban J connectivity index is 1.91. The monoisotopic (exact) mass is 232 g/mol. The Morgan fingerprint density at radius 1 is 0.875 bits per heavy atom. The van der Waals surface area contributed by atoms with Gasteiger partial charge >= 0.3 is 0 Å². The number of hydrogen-bond acceptors (Lipinski definition) is 2. The van der Waals surface area contributed by atoms with Gasteiger partial charge < -0.3 is 9.47 Å². The third-order valence-electron chi connectivity index (χ3n) is 2.44. The van der Waals surface area contributed by atoms with Crippen LogP contribution in [-0.2, 0) is 0 Å². The number of fused-ring (bicyclic) bond motifs is 1. The maximum atomic E-state index is 5.92. The van der Waals surface area contributed by atoms with Gasteiger partial charge in [-0.15, -0.1) is 0 Å². The van der Waals surface area contributed by atoms with Gasteiger partial charge in [-0.1, -0.05) is 35.9 Å². The molecule has 2 aromatic rings. The molecule has 0 saturated heterocycles. The number of benzene rings is 2. The second kappa shape index (κ2) is 3.72. The summed E-state index contributed by atoms with van der Waals surface area (Å²) in [5, 5.41) is 0.681. The smallest absolute Gasteiger partial charge is 0.268 e. The molecule has 3 heteroatoms. The first-order valence-corrected chi connectivity index (χ1v) is 5.38. The Morgan fingerprint density at radius 2 is 1.56 bits per heavy atom. The van der Waals surface area contributed by atoms with Gasteiger partial charge in [-0.3, -0.25) is 0 Å². The van der Waals surface area contributed by atoms with Crippen LogP contribution in [0, 0.1) is 0 Å². The minimum Gasteiger partial charge on any atom is -0.447 e. The van der Waals surface area contributed by atoms with Crippen LogP contribution in [-0.4, -0.2) is 0 Å². The second-order valence-electron chi connectivity index (χ2n) is 3.57. The van der Waals surface area contributed by atoms with E-state index in [1.54, 1.807) is 0 Å². The zero-order valence-electron chi connectivity index (χ0n) is 8.39. The highest BCUT2D eigenvalue weighted by molar-refractivity contribution is 6.30. The average molecular weight is 233 g/mol. The summed E-state index contributed by atoms with van der Waals surface area (Å²) in [5.74, 6) is 1.54. The van der Waals surface area contributed by atoms with Gasteiger partial charge in [-0.25, -0.2) is 0 Å². The summed E-state index contributed by atoms with van der Waals surface area (Å²) in [6, 6.07) is 15.1. The van der Waals surface area contributed by atoms with E-state index in [1.165, 1.54) is 0 Å². The molecule has 2 aromatic carbocycles. The lowest BCUT2D eigenvalue weighted by Crippen LogP contribution is -2.07. The lowest BCUT2D eigenvalue weighted by molar-refractivity contribution is 0.0487. The van der Waals surface area contributed by atoms with Crippen LogP contribution in [0.25, 0.3) is 0 Å². The topological polar surface area (TPSA) is 18.5 Å². The summed E-state index contributed by atoms with van der Waals surface area (Å²) in [5.41, 5.74) is 0.920. The molecule has 0 radical (unpaired) electrons. The van der Waals surface area contributed by atoms with Crippen molar-refractivity contribution in [2.75, 3.05) is 0 Å². The molecular formula is C13H9ClO2. The van der Waals surface area contributed by atoms with Gasteiger partial charge in [0.25, 0.3) is 6.29 Å². The van der Waals surface area contributed by atoms with E-state index in [2.05, 4.69) is 0 Å².